The lowest BCUT2D eigenvalue weighted by atomic mass is 9.93. The van der Waals surface area contributed by atoms with Crippen LogP contribution in [0.4, 0.5) is 22.0 Å². The minimum Gasteiger partial charge on any atom is -0.491 e. The van der Waals surface area contributed by atoms with E-state index in [0.717, 1.165) is 18.2 Å². The number of aliphatic hydroxyl groups is 1. The quantitative estimate of drug-likeness (QED) is 0.210. The molecule has 4 aromatic rings. The molecule has 0 saturated carbocycles. The number of fused-ring (bicyclic) bond motifs is 2. The van der Waals surface area contributed by atoms with E-state index in [4.69, 9.17) is 10.5 Å². The van der Waals surface area contributed by atoms with E-state index in [2.05, 4.69) is 29.7 Å². The molecule has 0 radical (unpaired) electrons. The van der Waals surface area contributed by atoms with Gasteiger partial charge in [-0.05, 0) is 43.3 Å². The zero-order valence-electron chi connectivity index (χ0n) is 22.1. The van der Waals surface area contributed by atoms with Crippen molar-refractivity contribution in [2.45, 2.75) is 31.4 Å². The summed E-state index contributed by atoms with van der Waals surface area (Å²) in [6.07, 6.45) is -7.26. The van der Waals surface area contributed by atoms with Gasteiger partial charge in [-0.15, -0.1) is 8.78 Å². The van der Waals surface area contributed by atoms with E-state index in [0.29, 0.717) is 5.52 Å². The molecule has 0 aliphatic carbocycles. The minimum atomic E-state index is -5.42. The molecule has 1 aromatic carbocycles. The maximum Gasteiger partial charge on any atom is 0.586 e. The van der Waals surface area contributed by atoms with Gasteiger partial charge in [0, 0.05) is 23.5 Å². The molecule has 0 bridgehead atoms. The number of primary amides is 1. The molecule has 4 heterocycles. The van der Waals surface area contributed by atoms with E-state index in [1.165, 1.54) is 24.5 Å². The molecule has 226 valence electrons. The van der Waals surface area contributed by atoms with E-state index < -0.39 is 54.3 Å². The van der Waals surface area contributed by atoms with E-state index in [1.807, 2.05) is 0 Å². The van der Waals surface area contributed by atoms with Crippen LogP contribution >= 0.6 is 0 Å². The predicted molar refractivity (Wildman–Crippen MR) is 138 cm³/mol. The van der Waals surface area contributed by atoms with Crippen LogP contribution in [0.3, 0.4) is 0 Å². The number of ether oxygens (including phenoxy) is 3. The lowest BCUT2D eigenvalue weighted by Crippen LogP contribution is -2.51. The van der Waals surface area contributed by atoms with Gasteiger partial charge >= 0.3 is 12.5 Å². The summed E-state index contributed by atoms with van der Waals surface area (Å²) in [6.45, 7) is 0.110. The maximum absolute atomic E-state index is 14.6. The van der Waals surface area contributed by atoms with Gasteiger partial charge in [-0.1, -0.05) is 0 Å². The number of H-pyrrole nitrogens is 1. The SMILES string of the molecule is CCOc1c(CC(N)=O)cc([C@@](O)(CNC(=O)c2ccnc3cc[nH]c23)C(F)(F)F)nc1-c1ccc2c(c1)OC(F)(F)O2. The lowest BCUT2D eigenvalue weighted by molar-refractivity contribution is -0.286. The molecule has 0 unspecified atom stereocenters. The van der Waals surface area contributed by atoms with Gasteiger partial charge in [-0.2, -0.15) is 13.2 Å². The first-order valence-electron chi connectivity index (χ1n) is 12.6. The number of hydrogen-bond donors (Lipinski definition) is 4. The summed E-state index contributed by atoms with van der Waals surface area (Å²) in [6, 6.07) is 6.93. The highest BCUT2D eigenvalue weighted by atomic mass is 19.4. The predicted octanol–water partition coefficient (Wildman–Crippen LogP) is 3.55. The van der Waals surface area contributed by atoms with Crippen LogP contribution in [0.5, 0.6) is 17.2 Å². The Morgan fingerprint density at radius 1 is 1.14 bits per heavy atom. The van der Waals surface area contributed by atoms with Crippen LogP contribution in [0.2, 0.25) is 0 Å². The minimum absolute atomic E-state index is 0.0357. The zero-order valence-corrected chi connectivity index (χ0v) is 22.1. The second-order valence-corrected chi connectivity index (χ2v) is 9.39. The molecule has 11 nitrogen and oxygen atoms in total. The van der Waals surface area contributed by atoms with Crippen LogP contribution in [0.25, 0.3) is 22.3 Å². The third-order valence-electron chi connectivity index (χ3n) is 6.47. The second-order valence-electron chi connectivity index (χ2n) is 9.39. The number of carbonyl (C=O) groups is 2. The number of aromatic nitrogens is 3. The molecule has 0 spiro atoms. The van der Waals surface area contributed by atoms with E-state index in [1.54, 1.807) is 13.0 Å². The average Bonchev–Trinajstić information content (AvgIpc) is 3.53. The Balaban J connectivity index is 1.61. The van der Waals surface area contributed by atoms with Gasteiger partial charge in [-0.25, -0.2) is 4.98 Å². The van der Waals surface area contributed by atoms with Crippen LogP contribution in [-0.4, -0.2) is 57.5 Å². The Hall–Kier alpha value is -4.99. The normalized spacial score (nSPS) is 15.2. The Morgan fingerprint density at radius 2 is 1.88 bits per heavy atom. The maximum atomic E-state index is 14.6. The smallest absolute Gasteiger partial charge is 0.491 e. The number of carbonyl (C=O) groups excluding carboxylic acids is 2. The number of rotatable bonds is 9. The second kappa shape index (κ2) is 10.7. The van der Waals surface area contributed by atoms with Crippen molar-refractivity contribution in [3.8, 4) is 28.5 Å². The van der Waals surface area contributed by atoms with Crippen LogP contribution in [-0.2, 0) is 16.8 Å². The number of nitrogens with zero attached hydrogens (tertiary/aromatic N) is 2. The van der Waals surface area contributed by atoms with Crippen molar-refractivity contribution in [3.63, 3.8) is 0 Å². The summed E-state index contributed by atoms with van der Waals surface area (Å²) in [4.78, 5) is 35.7. The first kappa shape index (κ1) is 29.5. The van der Waals surface area contributed by atoms with Gasteiger partial charge < -0.3 is 35.4 Å². The first-order valence-corrected chi connectivity index (χ1v) is 12.6. The molecule has 5 N–H and O–H groups in total. The van der Waals surface area contributed by atoms with Crippen molar-refractivity contribution >= 4 is 22.8 Å². The summed E-state index contributed by atoms with van der Waals surface area (Å²) in [7, 11) is 0. The Labute approximate surface area is 238 Å². The summed E-state index contributed by atoms with van der Waals surface area (Å²) in [5, 5.41) is 13.2. The molecule has 1 aliphatic rings. The fraction of sp³-hybridized carbons (Fsp3) is 0.259. The molecule has 1 atom stereocenters. The first-order chi connectivity index (χ1) is 20.2. The zero-order chi connectivity index (χ0) is 31.2. The standard InChI is InChI=1S/C27H22F5N5O6/c1-2-41-23-14(11-20(33)38)10-19(37-21(23)13-3-4-17-18(9-13)43-27(31,32)42-17)25(40,26(28,29)30)12-36-24(39)15-5-7-34-16-6-8-35-22(15)16/h3-10,35,40H,2,11-12H2,1H3,(H2,33,38)(H,36,39)/t25-/m0/s1. The lowest BCUT2D eigenvalue weighted by Gasteiger charge is -2.31. The largest absolute Gasteiger partial charge is 0.586 e. The molecular formula is C27H22F5N5O6. The number of alkyl halides is 5. The van der Waals surface area contributed by atoms with Crippen LogP contribution in [0, 0.1) is 0 Å². The van der Waals surface area contributed by atoms with Gasteiger partial charge in [0.15, 0.2) is 11.5 Å². The monoisotopic (exact) mass is 607 g/mol. The molecule has 2 amide bonds. The number of hydrogen-bond acceptors (Lipinski definition) is 8. The Bertz CT molecular complexity index is 1730. The van der Waals surface area contributed by atoms with Crippen molar-refractivity contribution in [2.75, 3.05) is 13.2 Å². The number of pyridine rings is 2. The van der Waals surface area contributed by atoms with Crippen LogP contribution in [0.1, 0.15) is 28.5 Å². The number of benzene rings is 1. The number of nitrogens with two attached hydrogens (primary N) is 1. The van der Waals surface area contributed by atoms with Crippen molar-refractivity contribution in [1.29, 1.82) is 0 Å². The topological polar surface area (TPSA) is 162 Å². The summed E-state index contributed by atoms with van der Waals surface area (Å²) in [5.74, 6) is -2.89. The van der Waals surface area contributed by atoms with Gasteiger partial charge in [0.05, 0.1) is 41.9 Å². The number of halogens is 5. The molecule has 16 heteroatoms. The molecule has 5 rings (SSSR count). The van der Waals surface area contributed by atoms with E-state index in [-0.39, 0.29) is 46.0 Å². The van der Waals surface area contributed by atoms with E-state index >= 15 is 0 Å². The van der Waals surface area contributed by atoms with Gasteiger partial charge in [-0.3, -0.25) is 14.6 Å². The van der Waals surface area contributed by atoms with Gasteiger partial charge in [0.2, 0.25) is 11.5 Å². The van der Waals surface area contributed by atoms with Gasteiger partial charge in [0.1, 0.15) is 11.4 Å². The highest BCUT2D eigenvalue weighted by Crippen LogP contribution is 2.46. The van der Waals surface area contributed by atoms with Crippen molar-refractivity contribution in [1.82, 2.24) is 20.3 Å². The summed E-state index contributed by atoms with van der Waals surface area (Å²) >= 11 is 0. The number of amides is 2. The van der Waals surface area contributed by atoms with Crippen LogP contribution in [0.15, 0.2) is 48.8 Å². The fourth-order valence-electron chi connectivity index (χ4n) is 4.50. The van der Waals surface area contributed by atoms with Crippen molar-refractivity contribution < 1.29 is 50.9 Å². The highest BCUT2D eigenvalue weighted by molar-refractivity contribution is 6.04. The van der Waals surface area contributed by atoms with Crippen molar-refractivity contribution in [3.05, 3.63) is 65.6 Å². The molecular weight excluding hydrogens is 585 g/mol. The summed E-state index contributed by atoms with van der Waals surface area (Å²) < 4.78 is 85.5. The third kappa shape index (κ3) is 5.60. The Morgan fingerprint density at radius 3 is 2.58 bits per heavy atom. The Kier molecular flexibility index (Phi) is 7.33. The van der Waals surface area contributed by atoms with E-state index in [9.17, 15) is 36.6 Å². The van der Waals surface area contributed by atoms with Crippen LogP contribution < -0.4 is 25.3 Å². The summed E-state index contributed by atoms with van der Waals surface area (Å²) in [5.41, 5.74) is 0.499. The average molecular weight is 607 g/mol. The van der Waals surface area contributed by atoms with Crippen molar-refractivity contribution in [2.24, 2.45) is 5.73 Å². The van der Waals surface area contributed by atoms with Gasteiger partial charge in [0.25, 0.3) is 5.91 Å². The molecule has 0 saturated heterocycles. The molecule has 1 aliphatic heterocycles. The highest BCUT2D eigenvalue weighted by Gasteiger charge is 2.57. The number of nitrogens with one attached hydrogen (secondary N) is 2. The molecule has 3 aromatic heterocycles. The number of aromatic amines is 1. The third-order valence-corrected chi connectivity index (χ3v) is 6.47. The molecule has 43 heavy (non-hydrogen) atoms. The fourth-order valence-corrected chi connectivity index (χ4v) is 4.50. The molecule has 0 fully saturated rings.